The van der Waals surface area contributed by atoms with Crippen molar-refractivity contribution in [1.29, 1.82) is 0 Å². The third-order valence-electron chi connectivity index (χ3n) is 1.87. The molecule has 4 nitrogen and oxygen atoms in total. The highest BCUT2D eigenvalue weighted by molar-refractivity contribution is 7.12. The summed E-state index contributed by atoms with van der Waals surface area (Å²) in [7, 11) is 0. The first-order valence-corrected chi connectivity index (χ1v) is 4.75. The van der Waals surface area contributed by atoms with Crippen molar-refractivity contribution < 1.29 is 9.59 Å². The molecule has 0 radical (unpaired) electrons. The summed E-state index contributed by atoms with van der Waals surface area (Å²) in [5.74, 6) is -0.360. The van der Waals surface area contributed by atoms with E-state index in [0.29, 0.717) is 10.6 Å². The molecule has 2 heterocycles. The molecule has 0 aliphatic carbocycles. The Kier molecular flexibility index (Phi) is 1.81. The molecular formula is C8H8N2O2S. The molecule has 2 amide bonds. The Hall–Kier alpha value is -1.36. The Labute approximate surface area is 78.9 Å². The second-order valence-electron chi connectivity index (χ2n) is 2.85. The summed E-state index contributed by atoms with van der Waals surface area (Å²) in [6.07, 6.45) is 0. The van der Waals surface area contributed by atoms with Crippen LogP contribution in [0.5, 0.6) is 0 Å². The van der Waals surface area contributed by atoms with E-state index < -0.39 is 6.04 Å². The van der Waals surface area contributed by atoms with Crippen LogP contribution < -0.4 is 10.6 Å². The molecule has 68 valence electrons. The maximum absolute atomic E-state index is 11.4. The monoisotopic (exact) mass is 196 g/mol. The molecule has 0 aromatic carbocycles. The lowest BCUT2D eigenvalue weighted by molar-refractivity contribution is -0.117. The van der Waals surface area contributed by atoms with Crippen molar-refractivity contribution in [2.24, 2.45) is 0 Å². The van der Waals surface area contributed by atoms with Crippen LogP contribution in [-0.4, -0.2) is 17.9 Å². The average Bonchev–Trinajstić information content (AvgIpc) is 2.48. The van der Waals surface area contributed by atoms with E-state index in [2.05, 4.69) is 10.6 Å². The second-order valence-corrected chi connectivity index (χ2v) is 3.76. The summed E-state index contributed by atoms with van der Waals surface area (Å²) in [6, 6.07) is 1.27. The lowest BCUT2D eigenvalue weighted by Crippen LogP contribution is -2.38. The number of anilines is 1. The summed E-state index contributed by atoms with van der Waals surface area (Å²) in [5.41, 5.74) is 0.608. The number of rotatable bonds is 0. The van der Waals surface area contributed by atoms with Gasteiger partial charge in [-0.05, 0) is 18.4 Å². The van der Waals surface area contributed by atoms with Gasteiger partial charge >= 0.3 is 0 Å². The van der Waals surface area contributed by atoms with Gasteiger partial charge in [-0.1, -0.05) is 0 Å². The number of thiophene rings is 1. The van der Waals surface area contributed by atoms with Crippen LogP contribution in [-0.2, 0) is 4.79 Å². The van der Waals surface area contributed by atoms with E-state index in [9.17, 15) is 9.59 Å². The summed E-state index contributed by atoms with van der Waals surface area (Å²) in [6.45, 7) is 1.66. The fourth-order valence-electron chi connectivity index (χ4n) is 1.15. The van der Waals surface area contributed by atoms with Crippen molar-refractivity contribution in [3.63, 3.8) is 0 Å². The SMILES string of the molecule is C[C@H]1NC(=O)c2sccc2NC1=O. The van der Waals surface area contributed by atoms with E-state index in [-0.39, 0.29) is 11.8 Å². The van der Waals surface area contributed by atoms with Gasteiger partial charge in [0.15, 0.2) is 0 Å². The second kappa shape index (κ2) is 2.85. The molecule has 0 fully saturated rings. The number of fused-ring (bicyclic) bond motifs is 1. The number of hydrogen-bond donors (Lipinski definition) is 2. The van der Waals surface area contributed by atoms with Crippen molar-refractivity contribution in [3.05, 3.63) is 16.3 Å². The molecule has 13 heavy (non-hydrogen) atoms. The molecule has 0 bridgehead atoms. The first-order valence-electron chi connectivity index (χ1n) is 3.87. The zero-order valence-corrected chi connectivity index (χ0v) is 7.77. The fourth-order valence-corrected chi connectivity index (χ4v) is 1.90. The fraction of sp³-hybridized carbons (Fsp3) is 0.250. The van der Waals surface area contributed by atoms with E-state index in [1.54, 1.807) is 18.4 Å². The van der Waals surface area contributed by atoms with Crippen LogP contribution >= 0.6 is 11.3 Å². The minimum absolute atomic E-state index is 0.175. The quantitative estimate of drug-likeness (QED) is 0.645. The summed E-state index contributed by atoms with van der Waals surface area (Å²) in [5, 5.41) is 7.04. The number of nitrogens with one attached hydrogen (secondary N) is 2. The van der Waals surface area contributed by atoms with E-state index in [1.807, 2.05) is 0 Å². The van der Waals surface area contributed by atoms with Crippen LogP contribution in [0, 0.1) is 0 Å². The van der Waals surface area contributed by atoms with Crippen LogP contribution in [0.4, 0.5) is 5.69 Å². The molecule has 5 heteroatoms. The molecule has 1 aliphatic heterocycles. The van der Waals surface area contributed by atoms with Gasteiger partial charge in [-0.2, -0.15) is 0 Å². The standard InChI is InChI=1S/C8H8N2O2S/c1-4-7(11)10-5-2-3-13-6(5)8(12)9-4/h2-4H,1H3,(H,9,12)(H,10,11)/t4-/m1/s1. The third kappa shape index (κ3) is 1.31. The summed E-state index contributed by atoms with van der Waals surface area (Å²) < 4.78 is 0. The molecule has 0 unspecified atom stereocenters. The summed E-state index contributed by atoms with van der Waals surface area (Å²) in [4.78, 5) is 23.3. The van der Waals surface area contributed by atoms with Crippen molar-refractivity contribution in [2.45, 2.75) is 13.0 Å². The smallest absolute Gasteiger partial charge is 0.264 e. The van der Waals surface area contributed by atoms with E-state index in [4.69, 9.17) is 0 Å². The van der Waals surface area contributed by atoms with Crippen LogP contribution in [0.3, 0.4) is 0 Å². The summed E-state index contributed by atoms with van der Waals surface area (Å²) >= 11 is 1.32. The Balaban J connectivity index is 2.43. The van der Waals surface area contributed by atoms with Crippen LogP contribution in [0.15, 0.2) is 11.4 Å². The number of carbonyl (C=O) groups excluding carboxylic acids is 2. The Morgan fingerprint density at radius 3 is 3.00 bits per heavy atom. The highest BCUT2D eigenvalue weighted by atomic mass is 32.1. The molecule has 0 saturated heterocycles. The molecule has 1 aliphatic rings. The predicted octanol–water partition coefficient (Wildman–Crippen LogP) is 0.819. The molecule has 0 spiro atoms. The van der Waals surface area contributed by atoms with E-state index >= 15 is 0 Å². The molecule has 1 aromatic heterocycles. The van der Waals surface area contributed by atoms with E-state index in [0.717, 1.165) is 0 Å². The van der Waals surface area contributed by atoms with Gasteiger partial charge in [0.2, 0.25) is 5.91 Å². The number of amides is 2. The first kappa shape index (κ1) is 8.25. The number of hydrogen-bond acceptors (Lipinski definition) is 3. The maximum Gasteiger partial charge on any atom is 0.264 e. The van der Waals surface area contributed by atoms with Gasteiger partial charge < -0.3 is 10.6 Å². The van der Waals surface area contributed by atoms with Gasteiger partial charge in [-0.3, -0.25) is 9.59 Å². The van der Waals surface area contributed by atoms with Gasteiger partial charge in [0, 0.05) is 0 Å². The molecule has 2 rings (SSSR count). The number of carbonyl (C=O) groups is 2. The largest absolute Gasteiger partial charge is 0.340 e. The zero-order valence-electron chi connectivity index (χ0n) is 6.96. The molecule has 2 N–H and O–H groups in total. The maximum atomic E-state index is 11.4. The van der Waals surface area contributed by atoms with Crippen LogP contribution in [0.25, 0.3) is 0 Å². The Morgan fingerprint density at radius 1 is 1.46 bits per heavy atom. The van der Waals surface area contributed by atoms with Crippen LogP contribution in [0.1, 0.15) is 16.6 Å². The molecule has 0 saturated carbocycles. The Morgan fingerprint density at radius 2 is 2.23 bits per heavy atom. The zero-order chi connectivity index (χ0) is 9.42. The van der Waals surface area contributed by atoms with Crippen LogP contribution in [0.2, 0.25) is 0 Å². The third-order valence-corrected chi connectivity index (χ3v) is 2.78. The topological polar surface area (TPSA) is 58.2 Å². The van der Waals surface area contributed by atoms with Crippen molar-refractivity contribution in [1.82, 2.24) is 5.32 Å². The van der Waals surface area contributed by atoms with Crippen molar-refractivity contribution in [3.8, 4) is 0 Å². The van der Waals surface area contributed by atoms with Gasteiger partial charge in [-0.15, -0.1) is 11.3 Å². The van der Waals surface area contributed by atoms with Gasteiger partial charge in [0.25, 0.3) is 5.91 Å². The normalized spacial score (nSPS) is 21.5. The minimum atomic E-state index is -0.466. The molecule has 1 atom stereocenters. The first-order chi connectivity index (χ1) is 6.18. The molecular weight excluding hydrogens is 188 g/mol. The Bertz CT molecular complexity index is 372. The van der Waals surface area contributed by atoms with Crippen molar-refractivity contribution in [2.75, 3.05) is 5.32 Å². The van der Waals surface area contributed by atoms with Gasteiger partial charge in [0.1, 0.15) is 10.9 Å². The molecule has 1 aromatic rings. The highest BCUT2D eigenvalue weighted by Gasteiger charge is 2.24. The van der Waals surface area contributed by atoms with Gasteiger partial charge in [-0.25, -0.2) is 0 Å². The lowest BCUT2D eigenvalue weighted by atomic mass is 10.3. The predicted molar refractivity (Wildman–Crippen MR) is 49.9 cm³/mol. The van der Waals surface area contributed by atoms with Gasteiger partial charge in [0.05, 0.1) is 5.69 Å². The van der Waals surface area contributed by atoms with E-state index in [1.165, 1.54) is 11.3 Å². The highest BCUT2D eigenvalue weighted by Crippen LogP contribution is 2.24. The minimum Gasteiger partial charge on any atom is -0.340 e. The van der Waals surface area contributed by atoms with Crippen molar-refractivity contribution >= 4 is 28.8 Å². The average molecular weight is 196 g/mol. The lowest BCUT2D eigenvalue weighted by Gasteiger charge is -2.06.